The number of carbonyl (C=O) groups excluding carboxylic acids is 1. The second-order valence-corrected chi connectivity index (χ2v) is 3.58. The number of carbonyl (C=O) groups is 1. The van der Waals surface area contributed by atoms with Gasteiger partial charge in [0, 0.05) is 0 Å². The molecule has 1 amide bonds. The Morgan fingerprint density at radius 1 is 1.41 bits per heavy atom. The van der Waals surface area contributed by atoms with E-state index in [0.717, 1.165) is 0 Å². The van der Waals surface area contributed by atoms with Crippen LogP contribution in [0.15, 0.2) is 4.52 Å². The Balaban J connectivity index is 2.19. The van der Waals surface area contributed by atoms with Crippen molar-refractivity contribution in [2.24, 2.45) is 5.73 Å². The highest BCUT2D eigenvalue weighted by Crippen LogP contribution is 2.31. The average Bonchev–Trinajstić information content (AvgIpc) is 2.87. The zero-order chi connectivity index (χ0) is 12.6. The number of nitrogens with two attached hydrogens (primary N) is 1. The molecule has 94 valence electrons. The molecule has 9 heteroatoms. The lowest BCUT2D eigenvalue weighted by Crippen LogP contribution is -2.32. The van der Waals surface area contributed by atoms with Gasteiger partial charge in [0.2, 0.25) is 5.82 Å². The van der Waals surface area contributed by atoms with Crippen molar-refractivity contribution in [3.8, 4) is 0 Å². The third-order valence-corrected chi connectivity index (χ3v) is 2.45. The van der Waals surface area contributed by atoms with E-state index in [4.69, 9.17) is 15.6 Å². The van der Waals surface area contributed by atoms with Crippen LogP contribution in [-0.2, 0) is 4.74 Å². The minimum Gasteiger partial charge on any atom is -0.394 e. The Hall–Kier alpha value is -1.55. The zero-order valence-electron chi connectivity index (χ0n) is 8.55. The van der Waals surface area contributed by atoms with Gasteiger partial charge in [-0.1, -0.05) is 5.16 Å². The number of hydrogen-bond acceptors (Lipinski definition) is 8. The van der Waals surface area contributed by atoms with Gasteiger partial charge in [0.05, 0.1) is 6.61 Å². The van der Waals surface area contributed by atoms with Gasteiger partial charge in [-0.15, -0.1) is 0 Å². The number of aromatic nitrogens is 2. The Morgan fingerprint density at radius 3 is 2.59 bits per heavy atom. The number of rotatable bonds is 3. The van der Waals surface area contributed by atoms with Crippen LogP contribution in [-0.4, -0.2) is 56.3 Å². The number of ether oxygens (including phenoxy) is 1. The SMILES string of the molecule is NC(=O)c1nc([C@@H]2O[C@H](CO)[C@@H](O)[C@H]2O)no1. The second kappa shape index (κ2) is 4.37. The van der Waals surface area contributed by atoms with Gasteiger partial charge in [-0.05, 0) is 0 Å². The fourth-order valence-electron chi connectivity index (χ4n) is 1.56. The lowest BCUT2D eigenvalue weighted by molar-refractivity contribution is -0.0258. The number of nitrogens with zero attached hydrogens (tertiary/aromatic N) is 2. The third kappa shape index (κ3) is 2.00. The third-order valence-electron chi connectivity index (χ3n) is 2.45. The first-order valence-corrected chi connectivity index (χ1v) is 4.80. The average molecular weight is 245 g/mol. The van der Waals surface area contributed by atoms with Crippen LogP contribution in [0.3, 0.4) is 0 Å². The molecule has 17 heavy (non-hydrogen) atoms. The number of aliphatic hydroxyl groups excluding tert-OH is 3. The Kier molecular flexibility index (Phi) is 3.07. The molecule has 0 aromatic carbocycles. The topological polar surface area (TPSA) is 152 Å². The minimum absolute atomic E-state index is 0.110. The van der Waals surface area contributed by atoms with E-state index in [0.29, 0.717) is 0 Å². The summed E-state index contributed by atoms with van der Waals surface area (Å²) in [4.78, 5) is 14.3. The molecule has 0 bridgehead atoms. The van der Waals surface area contributed by atoms with Crippen molar-refractivity contribution in [3.05, 3.63) is 11.7 Å². The Morgan fingerprint density at radius 2 is 2.12 bits per heavy atom. The largest absolute Gasteiger partial charge is 0.394 e. The first-order chi connectivity index (χ1) is 8.04. The summed E-state index contributed by atoms with van der Waals surface area (Å²) in [6.45, 7) is -0.463. The Labute approximate surface area is 94.8 Å². The van der Waals surface area contributed by atoms with Crippen molar-refractivity contribution < 1.29 is 29.4 Å². The van der Waals surface area contributed by atoms with Crippen molar-refractivity contribution >= 4 is 5.91 Å². The quantitative estimate of drug-likeness (QED) is 0.449. The van der Waals surface area contributed by atoms with E-state index < -0.39 is 42.8 Å². The predicted molar refractivity (Wildman–Crippen MR) is 49.5 cm³/mol. The van der Waals surface area contributed by atoms with Crippen LogP contribution in [0.2, 0.25) is 0 Å². The highest BCUT2D eigenvalue weighted by molar-refractivity contribution is 5.87. The normalized spacial score (nSPS) is 32.9. The van der Waals surface area contributed by atoms with E-state index in [2.05, 4.69) is 14.7 Å². The van der Waals surface area contributed by atoms with Crippen LogP contribution in [0.5, 0.6) is 0 Å². The summed E-state index contributed by atoms with van der Waals surface area (Å²) in [5.74, 6) is -1.44. The molecular formula is C8H11N3O6. The van der Waals surface area contributed by atoms with Crippen molar-refractivity contribution in [3.63, 3.8) is 0 Å². The summed E-state index contributed by atoms with van der Waals surface area (Å²) in [5, 5.41) is 31.4. The molecule has 2 heterocycles. The number of hydrogen-bond donors (Lipinski definition) is 4. The first-order valence-electron chi connectivity index (χ1n) is 4.80. The predicted octanol–water partition coefficient (Wildman–Crippen LogP) is -2.68. The van der Waals surface area contributed by atoms with Crippen molar-refractivity contribution in [1.82, 2.24) is 10.1 Å². The van der Waals surface area contributed by atoms with E-state index in [1.165, 1.54) is 0 Å². The standard InChI is InChI=1S/C8H11N3O6/c9-6(15)8-10-7(11-17-8)5-4(14)3(13)2(1-12)16-5/h2-5,12-14H,1H2,(H2,9,15)/t2-,3-,4-,5-/m1/s1. The summed E-state index contributed by atoms with van der Waals surface area (Å²) < 4.78 is 9.65. The molecule has 1 saturated heterocycles. The molecule has 0 unspecified atom stereocenters. The molecule has 0 spiro atoms. The lowest BCUT2D eigenvalue weighted by atomic mass is 10.1. The maximum atomic E-state index is 10.7. The van der Waals surface area contributed by atoms with E-state index in [-0.39, 0.29) is 5.82 Å². The smallest absolute Gasteiger partial charge is 0.315 e. The van der Waals surface area contributed by atoms with Gasteiger partial charge in [-0.3, -0.25) is 4.79 Å². The van der Waals surface area contributed by atoms with Crippen LogP contribution < -0.4 is 5.73 Å². The van der Waals surface area contributed by atoms with Crippen LogP contribution in [0.4, 0.5) is 0 Å². The van der Waals surface area contributed by atoms with Gasteiger partial charge in [-0.2, -0.15) is 4.98 Å². The molecule has 1 aliphatic heterocycles. The molecule has 0 aliphatic carbocycles. The van der Waals surface area contributed by atoms with Gasteiger partial charge in [0.25, 0.3) is 0 Å². The highest BCUT2D eigenvalue weighted by Gasteiger charge is 2.45. The molecule has 5 N–H and O–H groups in total. The summed E-state index contributed by atoms with van der Waals surface area (Å²) in [7, 11) is 0. The van der Waals surface area contributed by atoms with Crippen LogP contribution in [0, 0.1) is 0 Å². The molecule has 1 aromatic heterocycles. The van der Waals surface area contributed by atoms with E-state index >= 15 is 0 Å². The molecule has 4 atom stereocenters. The zero-order valence-corrected chi connectivity index (χ0v) is 8.55. The molecule has 9 nitrogen and oxygen atoms in total. The highest BCUT2D eigenvalue weighted by atomic mass is 16.6. The maximum Gasteiger partial charge on any atom is 0.315 e. The van der Waals surface area contributed by atoms with E-state index in [9.17, 15) is 15.0 Å². The second-order valence-electron chi connectivity index (χ2n) is 3.58. The Bertz CT molecular complexity index is 421. The van der Waals surface area contributed by atoms with E-state index in [1.54, 1.807) is 0 Å². The van der Waals surface area contributed by atoms with Crippen molar-refractivity contribution in [1.29, 1.82) is 0 Å². The van der Waals surface area contributed by atoms with Crippen LogP contribution >= 0.6 is 0 Å². The van der Waals surface area contributed by atoms with Crippen molar-refractivity contribution in [2.45, 2.75) is 24.4 Å². The molecule has 1 fully saturated rings. The molecule has 1 aliphatic rings. The summed E-state index contributed by atoms with van der Waals surface area (Å²) in [6.07, 6.45) is -4.59. The molecule has 0 radical (unpaired) electrons. The maximum absolute atomic E-state index is 10.7. The molecule has 0 saturated carbocycles. The molecule has 2 rings (SSSR count). The van der Waals surface area contributed by atoms with Crippen molar-refractivity contribution in [2.75, 3.05) is 6.61 Å². The first kappa shape index (κ1) is 11.9. The van der Waals surface area contributed by atoms with Gasteiger partial charge >= 0.3 is 11.8 Å². The molecule has 1 aromatic rings. The van der Waals surface area contributed by atoms with Crippen LogP contribution in [0.1, 0.15) is 22.6 Å². The number of amides is 1. The minimum atomic E-state index is -1.31. The summed E-state index contributed by atoms with van der Waals surface area (Å²) >= 11 is 0. The monoisotopic (exact) mass is 245 g/mol. The lowest BCUT2D eigenvalue weighted by Gasteiger charge is -2.10. The number of primary amides is 1. The van der Waals surface area contributed by atoms with Gasteiger partial charge < -0.3 is 30.3 Å². The van der Waals surface area contributed by atoms with Gasteiger partial charge in [-0.25, -0.2) is 0 Å². The fraction of sp³-hybridized carbons (Fsp3) is 0.625. The van der Waals surface area contributed by atoms with E-state index in [1.807, 2.05) is 0 Å². The van der Waals surface area contributed by atoms with Gasteiger partial charge in [0.1, 0.15) is 24.4 Å². The summed E-state index contributed by atoms with van der Waals surface area (Å²) in [5.41, 5.74) is 4.91. The van der Waals surface area contributed by atoms with Gasteiger partial charge in [0.15, 0.2) is 0 Å². The summed E-state index contributed by atoms with van der Waals surface area (Å²) in [6, 6.07) is 0. The number of aliphatic hydroxyl groups is 3. The fourth-order valence-corrected chi connectivity index (χ4v) is 1.56. The molecular weight excluding hydrogens is 234 g/mol. The van der Waals surface area contributed by atoms with Crippen LogP contribution in [0.25, 0.3) is 0 Å².